The number of hydrogen-bond acceptors (Lipinski definition) is 3. The average molecular weight is 280 g/mol. The van der Waals surface area contributed by atoms with E-state index in [9.17, 15) is 13.9 Å². The third kappa shape index (κ3) is 3.24. The minimum atomic E-state index is -0.914. The molecule has 0 aliphatic heterocycles. The number of halogens is 2. The summed E-state index contributed by atoms with van der Waals surface area (Å²) in [5.41, 5.74) is 1.07. The summed E-state index contributed by atoms with van der Waals surface area (Å²) >= 11 is 0. The van der Waals surface area contributed by atoms with Crippen LogP contribution in [0.25, 0.3) is 0 Å². The second-order valence-corrected chi connectivity index (χ2v) is 4.17. The van der Waals surface area contributed by atoms with E-state index in [1.54, 1.807) is 18.2 Å². The highest BCUT2D eigenvalue weighted by molar-refractivity contribution is 5.40. The molecule has 2 aromatic rings. The quantitative estimate of drug-likeness (QED) is 0.915. The average Bonchev–Trinajstić information content (AvgIpc) is 2.48. The molecular formula is C15H14F2O3. The van der Waals surface area contributed by atoms with Crippen LogP contribution in [0.15, 0.2) is 36.4 Å². The second kappa shape index (κ2) is 6.34. The van der Waals surface area contributed by atoms with E-state index >= 15 is 0 Å². The van der Waals surface area contributed by atoms with Crippen molar-refractivity contribution in [2.45, 2.75) is 13.2 Å². The molecule has 2 aromatic carbocycles. The summed E-state index contributed by atoms with van der Waals surface area (Å²) in [7, 11) is 1.53. The maximum atomic E-state index is 13.1. The maximum Gasteiger partial charge on any atom is 0.159 e. The zero-order chi connectivity index (χ0) is 14.5. The van der Waals surface area contributed by atoms with Crippen LogP contribution in [0.1, 0.15) is 11.1 Å². The number of ether oxygens (including phenoxy) is 2. The van der Waals surface area contributed by atoms with Gasteiger partial charge in [0.15, 0.2) is 11.6 Å². The van der Waals surface area contributed by atoms with Crippen molar-refractivity contribution in [3.05, 3.63) is 59.2 Å². The van der Waals surface area contributed by atoms with Gasteiger partial charge in [-0.25, -0.2) is 8.78 Å². The molecular weight excluding hydrogens is 266 g/mol. The molecule has 3 nitrogen and oxygen atoms in total. The first-order chi connectivity index (χ1) is 9.63. The Bertz CT molecular complexity index is 600. The Morgan fingerprint density at radius 2 is 1.85 bits per heavy atom. The van der Waals surface area contributed by atoms with Gasteiger partial charge in [-0.15, -0.1) is 0 Å². The van der Waals surface area contributed by atoms with Crippen molar-refractivity contribution in [2.24, 2.45) is 0 Å². The zero-order valence-electron chi connectivity index (χ0n) is 10.9. The molecule has 0 aromatic heterocycles. The minimum Gasteiger partial charge on any atom is -0.497 e. The Labute approximate surface area is 115 Å². The van der Waals surface area contributed by atoms with Gasteiger partial charge in [0.2, 0.25) is 0 Å². The van der Waals surface area contributed by atoms with Gasteiger partial charge in [0.05, 0.1) is 13.7 Å². The van der Waals surface area contributed by atoms with Crippen LogP contribution in [-0.4, -0.2) is 12.2 Å². The first kappa shape index (κ1) is 14.3. The molecule has 0 aliphatic carbocycles. The van der Waals surface area contributed by atoms with Gasteiger partial charge >= 0.3 is 0 Å². The van der Waals surface area contributed by atoms with Crippen LogP contribution in [0, 0.1) is 11.6 Å². The number of benzene rings is 2. The van der Waals surface area contributed by atoms with Crippen LogP contribution in [0.2, 0.25) is 0 Å². The fraction of sp³-hybridized carbons (Fsp3) is 0.200. The van der Waals surface area contributed by atoms with Crippen LogP contribution in [0.3, 0.4) is 0 Å². The van der Waals surface area contributed by atoms with Crippen LogP contribution in [0.5, 0.6) is 11.5 Å². The van der Waals surface area contributed by atoms with Crippen molar-refractivity contribution in [1.29, 1.82) is 0 Å². The van der Waals surface area contributed by atoms with E-state index in [1.165, 1.54) is 13.2 Å². The Kier molecular flexibility index (Phi) is 4.53. The third-order valence-electron chi connectivity index (χ3n) is 2.82. The van der Waals surface area contributed by atoms with Gasteiger partial charge in [-0.1, -0.05) is 6.07 Å². The maximum absolute atomic E-state index is 13.1. The summed E-state index contributed by atoms with van der Waals surface area (Å²) in [6.07, 6.45) is 0. The molecule has 0 amide bonds. The normalized spacial score (nSPS) is 10.4. The van der Waals surface area contributed by atoms with E-state index in [2.05, 4.69) is 0 Å². The number of rotatable bonds is 5. The van der Waals surface area contributed by atoms with Gasteiger partial charge < -0.3 is 14.6 Å². The van der Waals surface area contributed by atoms with Crippen LogP contribution >= 0.6 is 0 Å². The number of methoxy groups -OCH3 is 1. The predicted octanol–water partition coefficient (Wildman–Crippen LogP) is 3.04. The Morgan fingerprint density at radius 1 is 1.05 bits per heavy atom. The lowest BCUT2D eigenvalue weighted by Gasteiger charge is -2.11. The van der Waals surface area contributed by atoms with Crippen LogP contribution < -0.4 is 9.47 Å². The highest BCUT2D eigenvalue weighted by atomic mass is 19.2. The van der Waals surface area contributed by atoms with Gasteiger partial charge in [-0.2, -0.15) is 0 Å². The van der Waals surface area contributed by atoms with E-state index in [1.807, 2.05) is 0 Å². The van der Waals surface area contributed by atoms with Crippen LogP contribution in [-0.2, 0) is 13.2 Å². The molecule has 0 radical (unpaired) electrons. The molecule has 0 saturated heterocycles. The number of aliphatic hydroxyl groups is 1. The summed E-state index contributed by atoms with van der Waals surface area (Å²) in [6.45, 7) is -0.124. The largest absolute Gasteiger partial charge is 0.497 e. The Morgan fingerprint density at radius 3 is 2.50 bits per heavy atom. The van der Waals surface area contributed by atoms with E-state index in [4.69, 9.17) is 9.47 Å². The molecule has 0 fully saturated rings. The molecule has 0 spiro atoms. The molecule has 0 saturated carbocycles. The summed E-state index contributed by atoms with van der Waals surface area (Å²) in [5, 5.41) is 9.27. The van der Waals surface area contributed by atoms with E-state index in [-0.39, 0.29) is 13.2 Å². The highest BCUT2D eigenvalue weighted by Gasteiger charge is 2.07. The fourth-order valence-corrected chi connectivity index (χ4v) is 1.74. The zero-order valence-corrected chi connectivity index (χ0v) is 10.9. The Balaban J connectivity index is 2.12. The standard InChI is InChI=1S/C15H14F2O3/c1-19-12-3-5-15(11(7-12)8-18)20-9-10-2-4-13(16)14(17)6-10/h2-7,18H,8-9H2,1H3. The van der Waals surface area contributed by atoms with Gasteiger partial charge in [-0.05, 0) is 35.9 Å². The molecule has 20 heavy (non-hydrogen) atoms. The smallest absolute Gasteiger partial charge is 0.159 e. The number of aliphatic hydroxyl groups excluding tert-OH is 1. The SMILES string of the molecule is COc1ccc(OCc2ccc(F)c(F)c2)c(CO)c1. The fourth-order valence-electron chi connectivity index (χ4n) is 1.74. The molecule has 5 heteroatoms. The lowest BCUT2D eigenvalue weighted by molar-refractivity contribution is 0.257. The molecule has 0 atom stereocenters. The summed E-state index contributed by atoms with van der Waals surface area (Å²) in [4.78, 5) is 0. The molecule has 106 valence electrons. The van der Waals surface area contributed by atoms with Crippen molar-refractivity contribution < 1.29 is 23.4 Å². The van der Waals surface area contributed by atoms with Crippen molar-refractivity contribution >= 4 is 0 Å². The predicted molar refractivity (Wildman–Crippen MR) is 69.6 cm³/mol. The first-order valence-corrected chi connectivity index (χ1v) is 5.98. The van der Waals surface area contributed by atoms with Crippen molar-refractivity contribution in [1.82, 2.24) is 0 Å². The minimum absolute atomic E-state index is 0.0799. The van der Waals surface area contributed by atoms with Gasteiger partial charge in [0.25, 0.3) is 0 Å². The second-order valence-electron chi connectivity index (χ2n) is 4.17. The van der Waals surface area contributed by atoms with Crippen molar-refractivity contribution in [2.75, 3.05) is 7.11 Å². The van der Waals surface area contributed by atoms with E-state index in [0.29, 0.717) is 22.6 Å². The van der Waals surface area contributed by atoms with E-state index < -0.39 is 11.6 Å². The van der Waals surface area contributed by atoms with Crippen LogP contribution in [0.4, 0.5) is 8.78 Å². The lowest BCUT2D eigenvalue weighted by atomic mass is 10.2. The molecule has 1 N–H and O–H groups in total. The van der Waals surface area contributed by atoms with Gasteiger partial charge in [0, 0.05) is 5.56 Å². The summed E-state index contributed by atoms with van der Waals surface area (Å²) in [6, 6.07) is 8.58. The molecule has 0 heterocycles. The highest BCUT2D eigenvalue weighted by Crippen LogP contribution is 2.25. The third-order valence-corrected chi connectivity index (χ3v) is 2.82. The topological polar surface area (TPSA) is 38.7 Å². The van der Waals surface area contributed by atoms with E-state index in [0.717, 1.165) is 12.1 Å². The monoisotopic (exact) mass is 280 g/mol. The molecule has 0 aliphatic rings. The molecule has 0 unspecified atom stereocenters. The van der Waals surface area contributed by atoms with Crippen molar-refractivity contribution in [3.8, 4) is 11.5 Å². The Hall–Kier alpha value is -2.14. The van der Waals surface area contributed by atoms with Gasteiger partial charge in [0.1, 0.15) is 18.1 Å². The first-order valence-electron chi connectivity index (χ1n) is 5.98. The number of hydrogen-bond donors (Lipinski definition) is 1. The lowest BCUT2D eigenvalue weighted by Crippen LogP contribution is -2.00. The van der Waals surface area contributed by atoms with Gasteiger partial charge in [-0.3, -0.25) is 0 Å². The van der Waals surface area contributed by atoms with Crippen molar-refractivity contribution in [3.63, 3.8) is 0 Å². The summed E-state index contributed by atoms with van der Waals surface area (Å²) in [5.74, 6) is -0.732. The molecule has 0 bridgehead atoms. The molecule has 2 rings (SSSR count). The summed E-state index contributed by atoms with van der Waals surface area (Å²) < 4.78 is 36.4.